The molecule has 0 saturated heterocycles. The Labute approximate surface area is 110 Å². The van der Waals surface area contributed by atoms with Crippen LogP contribution < -0.4 is 5.46 Å². The fraction of sp³-hybridized carbons (Fsp3) is 0.643. The highest BCUT2D eigenvalue weighted by molar-refractivity contribution is 6.67. The zero-order valence-electron chi connectivity index (χ0n) is 11.3. The number of ether oxygens (including phenoxy) is 1. The molecule has 0 radical (unpaired) electrons. The Kier molecular flexibility index (Phi) is 4.78. The van der Waals surface area contributed by atoms with Crippen molar-refractivity contribution < 1.29 is 9.76 Å². The van der Waals surface area contributed by atoms with Crippen molar-refractivity contribution >= 4 is 12.4 Å². The third-order valence-electron chi connectivity index (χ3n) is 3.79. The number of aromatic nitrogens is 1. The quantitative estimate of drug-likeness (QED) is 0.777. The van der Waals surface area contributed by atoms with Crippen molar-refractivity contribution in [3.05, 3.63) is 24.0 Å². The maximum atomic E-state index is 10.2. The van der Waals surface area contributed by atoms with Crippen LogP contribution in [0.5, 0.6) is 0 Å². The molecule has 1 aliphatic rings. The maximum Gasteiger partial charge on any atom is 0.328 e. The average molecular weight is 247 g/mol. The molecule has 18 heavy (non-hydrogen) atoms. The molecule has 1 heterocycles. The maximum absolute atomic E-state index is 10.2. The smallest absolute Gasteiger partial charge is 0.328 e. The van der Waals surface area contributed by atoms with Crippen molar-refractivity contribution in [3.63, 3.8) is 0 Å². The normalized spacial score (nSPS) is 17.3. The van der Waals surface area contributed by atoms with Crippen molar-refractivity contribution in [3.8, 4) is 0 Å². The molecule has 2 rings (SSSR count). The molecule has 1 aromatic heterocycles. The molecule has 0 aliphatic heterocycles. The SMILES string of the molecule is COCC(C)Cc1cncc(B(O)C2CCC2)c1. The van der Waals surface area contributed by atoms with E-state index in [9.17, 15) is 5.02 Å². The van der Waals surface area contributed by atoms with Gasteiger partial charge in [-0.15, -0.1) is 0 Å². The standard InChI is InChI=1S/C14H22BNO2/c1-11(10-18-2)6-12-7-14(9-16-8-12)15(17)13-4-3-5-13/h7-9,11,13,17H,3-6,10H2,1-2H3. The second-order valence-electron chi connectivity index (χ2n) is 5.53. The van der Waals surface area contributed by atoms with Gasteiger partial charge in [0.15, 0.2) is 0 Å². The topological polar surface area (TPSA) is 42.4 Å². The van der Waals surface area contributed by atoms with Crippen LogP contribution in [0.3, 0.4) is 0 Å². The van der Waals surface area contributed by atoms with Crippen molar-refractivity contribution in [1.82, 2.24) is 4.98 Å². The molecule has 4 heteroatoms. The summed E-state index contributed by atoms with van der Waals surface area (Å²) in [5.74, 6) is 0.923. The number of hydrogen-bond donors (Lipinski definition) is 1. The minimum Gasteiger partial charge on any atom is -0.446 e. The van der Waals surface area contributed by atoms with E-state index in [0.29, 0.717) is 11.7 Å². The highest BCUT2D eigenvalue weighted by Gasteiger charge is 2.31. The Balaban J connectivity index is 2.00. The van der Waals surface area contributed by atoms with Gasteiger partial charge in [-0.25, -0.2) is 0 Å². The van der Waals surface area contributed by atoms with E-state index in [1.165, 1.54) is 12.0 Å². The number of rotatable bonds is 6. The van der Waals surface area contributed by atoms with Crippen molar-refractivity contribution in [1.29, 1.82) is 0 Å². The first kappa shape index (κ1) is 13.6. The molecule has 1 atom stereocenters. The zero-order valence-corrected chi connectivity index (χ0v) is 11.3. The molecule has 1 aliphatic carbocycles. The molecule has 1 saturated carbocycles. The first-order valence-electron chi connectivity index (χ1n) is 6.81. The van der Waals surface area contributed by atoms with Crippen LogP contribution in [0.1, 0.15) is 31.7 Å². The fourth-order valence-electron chi connectivity index (χ4n) is 2.55. The van der Waals surface area contributed by atoms with Crippen molar-refractivity contribution in [2.75, 3.05) is 13.7 Å². The first-order valence-corrected chi connectivity index (χ1v) is 6.81. The number of hydrogen-bond acceptors (Lipinski definition) is 3. The van der Waals surface area contributed by atoms with Crippen molar-refractivity contribution in [2.45, 2.75) is 38.4 Å². The lowest BCUT2D eigenvalue weighted by Crippen LogP contribution is -2.38. The van der Waals surface area contributed by atoms with Gasteiger partial charge in [0.2, 0.25) is 0 Å². The molecular formula is C14H22BNO2. The monoisotopic (exact) mass is 247 g/mol. The first-order chi connectivity index (χ1) is 8.70. The predicted octanol–water partition coefficient (Wildman–Crippen LogP) is 1.65. The average Bonchev–Trinajstić information content (AvgIpc) is 2.27. The van der Waals surface area contributed by atoms with Gasteiger partial charge in [0.1, 0.15) is 0 Å². The summed E-state index contributed by atoms with van der Waals surface area (Å²) in [4.78, 5) is 4.26. The molecule has 0 aromatic carbocycles. The minimum absolute atomic E-state index is 0.330. The predicted molar refractivity (Wildman–Crippen MR) is 74.2 cm³/mol. The third kappa shape index (κ3) is 3.33. The summed E-state index contributed by atoms with van der Waals surface area (Å²) < 4.78 is 5.15. The van der Waals surface area contributed by atoms with Gasteiger partial charge in [0, 0.05) is 26.1 Å². The number of pyridine rings is 1. The van der Waals surface area contributed by atoms with Crippen LogP contribution in [0.25, 0.3) is 0 Å². The van der Waals surface area contributed by atoms with Crippen LogP contribution in [0, 0.1) is 5.92 Å². The van der Waals surface area contributed by atoms with E-state index in [1.807, 2.05) is 6.20 Å². The Morgan fingerprint density at radius 2 is 2.28 bits per heavy atom. The van der Waals surface area contributed by atoms with Gasteiger partial charge >= 0.3 is 6.92 Å². The van der Waals surface area contributed by atoms with E-state index in [1.54, 1.807) is 13.3 Å². The minimum atomic E-state index is -0.330. The number of nitrogens with zero attached hydrogens (tertiary/aromatic N) is 1. The van der Waals surface area contributed by atoms with Crippen LogP contribution in [0.15, 0.2) is 18.5 Å². The Morgan fingerprint density at radius 1 is 1.50 bits per heavy atom. The molecule has 0 bridgehead atoms. The summed E-state index contributed by atoms with van der Waals surface area (Å²) >= 11 is 0. The summed E-state index contributed by atoms with van der Waals surface area (Å²) in [6, 6.07) is 2.10. The Hall–Kier alpha value is -0.865. The van der Waals surface area contributed by atoms with Gasteiger partial charge in [-0.1, -0.05) is 32.3 Å². The summed E-state index contributed by atoms with van der Waals surface area (Å²) in [7, 11) is 1.73. The molecule has 1 N–H and O–H groups in total. The molecular weight excluding hydrogens is 225 g/mol. The van der Waals surface area contributed by atoms with E-state index >= 15 is 0 Å². The molecule has 1 aromatic rings. The molecule has 98 valence electrons. The van der Waals surface area contributed by atoms with E-state index < -0.39 is 0 Å². The molecule has 1 fully saturated rings. The highest BCUT2D eigenvalue weighted by atomic mass is 16.5. The van der Waals surface area contributed by atoms with Crippen LogP contribution >= 0.6 is 0 Å². The second-order valence-corrected chi connectivity index (χ2v) is 5.53. The highest BCUT2D eigenvalue weighted by Crippen LogP contribution is 2.33. The molecule has 0 spiro atoms. The third-order valence-corrected chi connectivity index (χ3v) is 3.79. The Morgan fingerprint density at radius 3 is 2.89 bits per heavy atom. The van der Waals surface area contributed by atoms with Crippen LogP contribution in [0.2, 0.25) is 5.82 Å². The van der Waals surface area contributed by atoms with Gasteiger partial charge in [-0.2, -0.15) is 0 Å². The summed E-state index contributed by atoms with van der Waals surface area (Å²) in [5.41, 5.74) is 2.16. The lowest BCUT2D eigenvalue weighted by molar-refractivity contribution is 0.159. The van der Waals surface area contributed by atoms with E-state index in [2.05, 4.69) is 18.0 Å². The second kappa shape index (κ2) is 6.35. The van der Waals surface area contributed by atoms with Crippen LogP contribution in [-0.2, 0) is 11.2 Å². The summed E-state index contributed by atoms with van der Waals surface area (Å²) in [6.45, 7) is 2.59. The van der Waals surface area contributed by atoms with Crippen molar-refractivity contribution in [2.24, 2.45) is 5.92 Å². The number of methoxy groups -OCH3 is 1. The van der Waals surface area contributed by atoms with Gasteiger partial charge in [0.25, 0.3) is 0 Å². The molecule has 1 unspecified atom stereocenters. The zero-order chi connectivity index (χ0) is 13.0. The van der Waals surface area contributed by atoms with Crippen LogP contribution in [0.4, 0.5) is 0 Å². The van der Waals surface area contributed by atoms with Gasteiger partial charge < -0.3 is 9.76 Å². The fourth-order valence-corrected chi connectivity index (χ4v) is 2.55. The van der Waals surface area contributed by atoms with Gasteiger partial charge in [-0.3, -0.25) is 4.98 Å². The Bertz CT molecular complexity index is 382. The molecule has 0 amide bonds. The largest absolute Gasteiger partial charge is 0.446 e. The van der Waals surface area contributed by atoms with E-state index in [-0.39, 0.29) is 6.92 Å². The van der Waals surface area contributed by atoms with Gasteiger partial charge in [-0.05, 0) is 29.2 Å². The lowest BCUT2D eigenvalue weighted by atomic mass is 9.45. The van der Waals surface area contributed by atoms with E-state index in [4.69, 9.17) is 4.74 Å². The van der Waals surface area contributed by atoms with E-state index in [0.717, 1.165) is 31.3 Å². The summed E-state index contributed by atoms with van der Waals surface area (Å²) in [6.07, 6.45) is 8.18. The van der Waals surface area contributed by atoms with Gasteiger partial charge in [0.05, 0.1) is 0 Å². The lowest BCUT2D eigenvalue weighted by Gasteiger charge is -2.27. The summed E-state index contributed by atoms with van der Waals surface area (Å²) in [5, 5.41) is 10.2. The van der Waals surface area contributed by atoms with Crippen LogP contribution in [-0.4, -0.2) is 30.6 Å². The molecule has 3 nitrogen and oxygen atoms in total.